The molecular formula is C27H26O4. The maximum Gasteiger partial charge on any atom is 0.347 e. The fraction of sp³-hybridized carbons (Fsp3) is 0.222. The molecule has 0 atom stereocenters. The second-order valence-corrected chi connectivity index (χ2v) is 8.29. The van der Waals surface area contributed by atoms with Crippen molar-refractivity contribution < 1.29 is 19.4 Å². The van der Waals surface area contributed by atoms with Crippen molar-refractivity contribution in [2.75, 3.05) is 6.61 Å². The molecule has 0 spiro atoms. The number of hydrogen-bond donors (Lipinski definition) is 1. The first-order valence-corrected chi connectivity index (χ1v) is 10.4. The van der Waals surface area contributed by atoms with E-state index in [2.05, 4.69) is 55.5 Å². The van der Waals surface area contributed by atoms with Crippen molar-refractivity contribution in [1.29, 1.82) is 0 Å². The fourth-order valence-electron chi connectivity index (χ4n) is 3.71. The van der Waals surface area contributed by atoms with E-state index < -0.39 is 11.6 Å². The van der Waals surface area contributed by atoms with Crippen molar-refractivity contribution in [2.45, 2.75) is 32.8 Å². The van der Waals surface area contributed by atoms with Crippen molar-refractivity contribution in [3.8, 4) is 22.6 Å². The first-order valence-electron chi connectivity index (χ1n) is 10.4. The van der Waals surface area contributed by atoms with E-state index in [9.17, 15) is 4.79 Å². The molecule has 3 aromatic carbocycles. The molecule has 0 saturated heterocycles. The number of carboxylic acids is 1. The normalized spacial score (nSPS) is 12.8. The Morgan fingerprint density at radius 1 is 0.968 bits per heavy atom. The van der Waals surface area contributed by atoms with Gasteiger partial charge in [0.2, 0.25) is 0 Å². The number of ether oxygens (including phenoxy) is 2. The van der Waals surface area contributed by atoms with Crippen molar-refractivity contribution in [3.63, 3.8) is 0 Å². The molecule has 0 unspecified atom stereocenters. The number of allylic oxidation sites excluding steroid dienone is 1. The van der Waals surface area contributed by atoms with Gasteiger partial charge in [-0.15, -0.1) is 0 Å². The zero-order valence-electron chi connectivity index (χ0n) is 18.0. The lowest BCUT2D eigenvalue weighted by Crippen LogP contribution is -2.37. The first kappa shape index (κ1) is 20.7. The lowest BCUT2D eigenvalue weighted by molar-refractivity contribution is -0.152. The van der Waals surface area contributed by atoms with Gasteiger partial charge < -0.3 is 14.6 Å². The summed E-state index contributed by atoms with van der Waals surface area (Å²) < 4.78 is 11.3. The van der Waals surface area contributed by atoms with Gasteiger partial charge in [0.25, 0.3) is 0 Å². The second-order valence-electron chi connectivity index (χ2n) is 8.29. The number of rotatable bonds is 7. The number of hydrogen-bond acceptors (Lipinski definition) is 3. The van der Waals surface area contributed by atoms with E-state index in [-0.39, 0.29) is 0 Å². The van der Waals surface area contributed by atoms with Crippen LogP contribution in [0, 0.1) is 0 Å². The maximum absolute atomic E-state index is 11.2. The molecule has 0 bridgehead atoms. The molecule has 0 aliphatic heterocycles. The van der Waals surface area contributed by atoms with Crippen molar-refractivity contribution >= 4 is 11.5 Å². The molecule has 4 nitrogen and oxygen atoms in total. The Balaban J connectivity index is 1.38. The summed E-state index contributed by atoms with van der Waals surface area (Å²) in [6.45, 7) is 5.58. The minimum absolute atomic E-state index is 0.448. The molecule has 0 radical (unpaired) electrons. The van der Waals surface area contributed by atoms with E-state index >= 15 is 0 Å². The molecule has 0 amide bonds. The van der Waals surface area contributed by atoms with Crippen LogP contribution in [0.3, 0.4) is 0 Å². The summed E-state index contributed by atoms with van der Waals surface area (Å²) >= 11 is 0. The Morgan fingerprint density at radius 3 is 2.39 bits per heavy atom. The van der Waals surface area contributed by atoms with Crippen LogP contribution in [0.15, 0.2) is 72.8 Å². The number of benzene rings is 3. The summed E-state index contributed by atoms with van der Waals surface area (Å²) in [5.41, 5.74) is 6.52. The third kappa shape index (κ3) is 4.48. The number of carbonyl (C=O) groups is 1. The van der Waals surface area contributed by atoms with Gasteiger partial charge in [-0.3, -0.25) is 0 Å². The molecule has 0 fully saturated rings. The van der Waals surface area contributed by atoms with Crippen LogP contribution in [-0.4, -0.2) is 23.3 Å². The first-order chi connectivity index (χ1) is 14.8. The van der Waals surface area contributed by atoms with Gasteiger partial charge in [0.05, 0.1) is 0 Å². The highest BCUT2D eigenvalue weighted by atomic mass is 16.5. The van der Waals surface area contributed by atoms with Gasteiger partial charge in [-0.05, 0) is 90.9 Å². The summed E-state index contributed by atoms with van der Waals surface area (Å²) in [4.78, 5) is 11.2. The lowest BCUT2D eigenvalue weighted by Gasteiger charge is -2.21. The molecule has 1 aliphatic carbocycles. The maximum atomic E-state index is 11.2. The lowest BCUT2D eigenvalue weighted by atomic mass is 10.00. The van der Waals surface area contributed by atoms with Gasteiger partial charge in [0.15, 0.2) is 5.60 Å². The van der Waals surface area contributed by atoms with Crippen LogP contribution in [0.25, 0.3) is 16.7 Å². The van der Waals surface area contributed by atoms with Gasteiger partial charge in [0, 0.05) is 0 Å². The molecule has 0 heterocycles. The van der Waals surface area contributed by atoms with Crippen LogP contribution in [-0.2, 0) is 11.2 Å². The number of aliphatic carboxylic acids is 1. The topological polar surface area (TPSA) is 55.8 Å². The molecule has 0 aromatic heterocycles. The highest BCUT2D eigenvalue weighted by Crippen LogP contribution is 2.37. The highest BCUT2D eigenvalue weighted by Gasteiger charge is 2.29. The van der Waals surface area contributed by atoms with Crippen molar-refractivity contribution in [3.05, 3.63) is 89.5 Å². The van der Waals surface area contributed by atoms with Gasteiger partial charge in [-0.1, -0.05) is 42.5 Å². The monoisotopic (exact) mass is 414 g/mol. The standard InChI is InChI=1S/C27H26O4/c1-18(19-8-13-25-21(16-19)17-20-6-4-5-7-24(20)25)14-15-30-22-9-11-23(12-10-22)31-27(2,3)26(28)29/h4-14,16H,15,17H2,1-3H3,(H,28,29). The molecule has 3 aromatic rings. The van der Waals surface area contributed by atoms with Gasteiger partial charge in [-0.2, -0.15) is 0 Å². The van der Waals surface area contributed by atoms with E-state index in [1.807, 2.05) is 0 Å². The largest absolute Gasteiger partial charge is 0.490 e. The Kier molecular flexibility index (Phi) is 5.55. The Bertz CT molecular complexity index is 1140. The molecule has 158 valence electrons. The van der Waals surface area contributed by atoms with Crippen molar-refractivity contribution in [1.82, 2.24) is 0 Å². The fourth-order valence-corrected chi connectivity index (χ4v) is 3.71. The SMILES string of the molecule is CC(=CCOc1ccc(OC(C)(C)C(=O)O)cc1)c1ccc2c(c1)Cc1ccccc1-2. The predicted molar refractivity (Wildman–Crippen MR) is 123 cm³/mol. The van der Waals surface area contributed by atoms with Gasteiger partial charge >= 0.3 is 5.97 Å². The van der Waals surface area contributed by atoms with Crippen LogP contribution >= 0.6 is 0 Å². The molecule has 4 rings (SSSR count). The summed E-state index contributed by atoms with van der Waals surface area (Å²) in [6.07, 6.45) is 3.05. The molecular weight excluding hydrogens is 388 g/mol. The zero-order chi connectivity index (χ0) is 22.0. The van der Waals surface area contributed by atoms with E-state index in [4.69, 9.17) is 14.6 Å². The van der Waals surface area contributed by atoms with E-state index in [0.29, 0.717) is 18.1 Å². The Hall–Kier alpha value is -3.53. The Labute approximate surface area is 182 Å². The predicted octanol–water partition coefficient (Wildman–Crippen LogP) is 5.98. The third-order valence-electron chi connectivity index (χ3n) is 5.60. The molecule has 1 N–H and O–H groups in total. The smallest absolute Gasteiger partial charge is 0.347 e. The van der Waals surface area contributed by atoms with Crippen LogP contribution in [0.1, 0.15) is 37.5 Å². The third-order valence-corrected chi connectivity index (χ3v) is 5.60. The number of fused-ring (bicyclic) bond motifs is 3. The molecule has 31 heavy (non-hydrogen) atoms. The van der Waals surface area contributed by atoms with E-state index in [1.165, 1.54) is 47.2 Å². The summed E-state index contributed by atoms with van der Waals surface area (Å²) in [5.74, 6) is 0.184. The highest BCUT2D eigenvalue weighted by molar-refractivity contribution is 5.79. The second kappa shape index (κ2) is 8.31. The molecule has 0 saturated carbocycles. The van der Waals surface area contributed by atoms with Crippen molar-refractivity contribution in [2.24, 2.45) is 0 Å². The molecule has 4 heteroatoms. The number of carboxylic acid groups (broad SMARTS) is 1. The quantitative estimate of drug-likeness (QED) is 0.404. The Morgan fingerprint density at radius 2 is 1.65 bits per heavy atom. The summed E-state index contributed by atoms with van der Waals surface area (Å²) in [6, 6.07) is 22.2. The zero-order valence-corrected chi connectivity index (χ0v) is 18.0. The average molecular weight is 415 g/mol. The minimum atomic E-state index is -1.28. The van der Waals surface area contributed by atoms with Gasteiger partial charge in [-0.25, -0.2) is 4.79 Å². The minimum Gasteiger partial charge on any atom is -0.490 e. The van der Waals surface area contributed by atoms with Gasteiger partial charge in [0.1, 0.15) is 18.1 Å². The molecule has 1 aliphatic rings. The summed E-state index contributed by atoms with van der Waals surface area (Å²) in [7, 11) is 0. The van der Waals surface area contributed by atoms with Crippen LogP contribution in [0.2, 0.25) is 0 Å². The van der Waals surface area contributed by atoms with E-state index in [0.717, 1.165) is 6.42 Å². The van der Waals surface area contributed by atoms with Crippen LogP contribution < -0.4 is 9.47 Å². The van der Waals surface area contributed by atoms with E-state index in [1.54, 1.807) is 24.3 Å². The van der Waals surface area contributed by atoms with Crippen LogP contribution in [0.5, 0.6) is 11.5 Å². The van der Waals surface area contributed by atoms with Crippen LogP contribution in [0.4, 0.5) is 0 Å². The summed E-state index contributed by atoms with van der Waals surface area (Å²) in [5, 5.41) is 9.16. The average Bonchev–Trinajstić information content (AvgIpc) is 3.12.